The third-order valence-electron chi connectivity index (χ3n) is 3.40. The van der Waals surface area contributed by atoms with Crippen LogP contribution in [0.15, 0.2) is 24.3 Å². The molecule has 98 valence electrons. The maximum atomic E-state index is 13.3. The number of hydrogen-bond donors (Lipinski definition) is 3. The van der Waals surface area contributed by atoms with Crippen molar-refractivity contribution >= 4 is 11.7 Å². The number of halogens is 1. The van der Waals surface area contributed by atoms with Crippen LogP contribution in [0.2, 0.25) is 0 Å². The summed E-state index contributed by atoms with van der Waals surface area (Å²) in [5.41, 5.74) is 5.84. The van der Waals surface area contributed by atoms with Crippen LogP contribution in [0.1, 0.15) is 19.3 Å². The molecule has 2 rings (SSSR count). The summed E-state index contributed by atoms with van der Waals surface area (Å²) < 4.78 is 13.3. The van der Waals surface area contributed by atoms with Gasteiger partial charge in [-0.25, -0.2) is 9.18 Å². The van der Waals surface area contributed by atoms with Gasteiger partial charge in [0.1, 0.15) is 5.82 Å². The molecule has 0 saturated heterocycles. The van der Waals surface area contributed by atoms with Crippen molar-refractivity contribution in [1.82, 2.24) is 5.32 Å². The monoisotopic (exact) mass is 251 g/mol. The molecule has 0 aromatic heterocycles. The van der Waals surface area contributed by atoms with Crippen LogP contribution in [0.3, 0.4) is 0 Å². The quantitative estimate of drug-likeness (QED) is 0.770. The number of rotatable bonds is 3. The third-order valence-corrected chi connectivity index (χ3v) is 3.40. The van der Waals surface area contributed by atoms with Gasteiger partial charge in [0.05, 0.1) is 5.69 Å². The number of urea groups is 1. The van der Waals surface area contributed by atoms with E-state index in [4.69, 9.17) is 5.73 Å². The first kappa shape index (κ1) is 12.8. The highest BCUT2D eigenvalue weighted by molar-refractivity contribution is 5.89. The van der Waals surface area contributed by atoms with Gasteiger partial charge in [0, 0.05) is 6.04 Å². The van der Waals surface area contributed by atoms with Gasteiger partial charge in [-0.2, -0.15) is 0 Å². The molecule has 0 spiro atoms. The lowest BCUT2D eigenvalue weighted by Gasteiger charge is -2.19. The van der Waals surface area contributed by atoms with Crippen LogP contribution in [0.4, 0.5) is 14.9 Å². The summed E-state index contributed by atoms with van der Waals surface area (Å²) in [6.07, 6.45) is 3.06. The van der Waals surface area contributed by atoms with Crippen LogP contribution in [0, 0.1) is 11.7 Å². The summed E-state index contributed by atoms with van der Waals surface area (Å²) >= 11 is 0. The summed E-state index contributed by atoms with van der Waals surface area (Å²) in [6.45, 7) is 0.574. The van der Waals surface area contributed by atoms with Gasteiger partial charge < -0.3 is 16.4 Å². The number of carbonyl (C=O) groups is 1. The number of nitrogens with one attached hydrogen (secondary N) is 2. The minimum absolute atomic E-state index is 0.0989. The van der Waals surface area contributed by atoms with E-state index >= 15 is 0 Å². The molecule has 18 heavy (non-hydrogen) atoms. The highest BCUT2D eigenvalue weighted by Gasteiger charge is 2.27. The van der Waals surface area contributed by atoms with Gasteiger partial charge in [-0.1, -0.05) is 18.6 Å². The van der Waals surface area contributed by atoms with Gasteiger partial charge in [0.15, 0.2) is 0 Å². The summed E-state index contributed by atoms with van der Waals surface area (Å²) in [4.78, 5) is 11.8. The second-order valence-corrected chi connectivity index (χ2v) is 4.61. The van der Waals surface area contributed by atoms with Gasteiger partial charge in [0.25, 0.3) is 0 Å². The fraction of sp³-hybridized carbons (Fsp3) is 0.462. The molecule has 2 amide bonds. The summed E-state index contributed by atoms with van der Waals surface area (Å²) in [5.74, 6) is -0.106. The lowest BCUT2D eigenvalue weighted by molar-refractivity contribution is 0.245. The van der Waals surface area contributed by atoms with Crippen molar-refractivity contribution < 1.29 is 9.18 Å². The molecule has 2 atom stereocenters. The van der Waals surface area contributed by atoms with Crippen LogP contribution in [0.25, 0.3) is 0 Å². The first-order valence-corrected chi connectivity index (χ1v) is 6.23. The molecule has 4 N–H and O–H groups in total. The van der Waals surface area contributed by atoms with Gasteiger partial charge >= 0.3 is 6.03 Å². The van der Waals surface area contributed by atoms with E-state index in [1.54, 1.807) is 12.1 Å². The highest BCUT2D eigenvalue weighted by atomic mass is 19.1. The highest BCUT2D eigenvalue weighted by Crippen LogP contribution is 2.24. The van der Waals surface area contributed by atoms with E-state index < -0.39 is 5.82 Å². The maximum Gasteiger partial charge on any atom is 0.319 e. The number of amides is 2. The standard InChI is InChI=1S/C13H18FN3O/c14-10-5-1-2-6-12(10)17-13(18)16-11-7-3-4-9(11)8-15/h1-2,5-6,9,11H,3-4,7-8,15H2,(H2,16,17,18). The van der Waals surface area contributed by atoms with Crippen molar-refractivity contribution in [3.05, 3.63) is 30.1 Å². The van der Waals surface area contributed by atoms with Crippen LogP contribution in [0.5, 0.6) is 0 Å². The number of nitrogens with two attached hydrogens (primary N) is 1. The molecular formula is C13H18FN3O. The summed E-state index contributed by atoms with van der Waals surface area (Å²) in [5, 5.41) is 5.37. The van der Waals surface area contributed by atoms with E-state index in [1.807, 2.05) is 0 Å². The Balaban J connectivity index is 1.91. The van der Waals surface area contributed by atoms with E-state index in [9.17, 15) is 9.18 Å². The molecule has 0 radical (unpaired) electrons. The maximum absolute atomic E-state index is 13.3. The zero-order chi connectivity index (χ0) is 13.0. The first-order chi connectivity index (χ1) is 8.70. The number of hydrogen-bond acceptors (Lipinski definition) is 2. The lowest BCUT2D eigenvalue weighted by atomic mass is 10.0. The van der Waals surface area contributed by atoms with Crippen molar-refractivity contribution in [2.75, 3.05) is 11.9 Å². The van der Waals surface area contributed by atoms with Gasteiger partial charge in [-0.05, 0) is 37.4 Å². The van der Waals surface area contributed by atoms with E-state index in [0.29, 0.717) is 12.5 Å². The molecule has 1 saturated carbocycles. The van der Waals surface area contributed by atoms with Crippen LogP contribution >= 0.6 is 0 Å². The number of benzene rings is 1. The average molecular weight is 251 g/mol. The van der Waals surface area contributed by atoms with Crippen molar-refractivity contribution in [1.29, 1.82) is 0 Å². The Hall–Kier alpha value is -1.62. The number of para-hydroxylation sites is 1. The zero-order valence-corrected chi connectivity index (χ0v) is 10.2. The summed E-state index contributed by atoms with van der Waals surface area (Å²) in [7, 11) is 0. The minimum atomic E-state index is -0.436. The van der Waals surface area contributed by atoms with Crippen molar-refractivity contribution in [3.63, 3.8) is 0 Å². The Morgan fingerprint density at radius 2 is 2.17 bits per heavy atom. The van der Waals surface area contributed by atoms with E-state index in [0.717, 1.165) is 19.3 Å². The van der Waals surface area contributed by atoms with Crippen molar-refractivity contribution in [3.8, 4) is 0 Å². The molecule has 0 aliphatic heterocycles. The fourth-order valence-corrected chi connectivity index (χ4v) is 2.40. The smallest absolute Gasteiger partial charge is 0.319 e. The molecule has 2 unspecified atom stereocenters. The molecule has 0 heterocycles. The SMILES string of the molecule is NCC1CCCC1NC(=O)Nc1ccccc1F. The normalized spacial score (nSPS) is 22.8. The predicted octanol–water partition coefficient (Wildman–Crippen LogP) is 2.07. The molecule has 0 bridgehead atoms. The van der Waals surface area contributed by atoms with E-state index in [1.165, 1.54) is 12.1 Å². The molecule has 1 aliphatic carbocycles. The Kier molecular flexibility index (Phi) is 4.15. The van der Waals surface area contributed by atoms with E-state index in [-0.39, 0.29) is 17.8 Å². The second kappa shape index (κ2) is 5.82. The molecule has 1 aromatic rings. The number of anilines is 1. The van der Waals surface area contributed by atoms with Gasteiger partial charge in [0.2, 0.25) is 0 Å². The minimum Gasteiger partial charge on any atom is -0.335 e. The second-order valence-electron chi connectivity index (χ2n) is 4.61. The van der Waals surface area contributed by atoms with Crippen molar-refractivity contribution in [2.24, 2.45) is 11.7 Å². The summed E-state index contributed by atoms with van der Waals surface area (Å²) in [6, 6.07) is 5.83. The molecule has 5 heteroatoms. The Labute approximate surface area is 106 Å². The van der Waals surface area contributed by atoms with Crippen LogP contribution in [-0.4, -0.2) is 18.6 Å². The van der Waals surface area contributed by atoms with Gasteiger partial charge in [-0.15, -0.1) is 0 Å². The average Bonchev–Trinajstić information content (AvgIpc) is 2.79. The van der Waals surface area contributed by atoms with Crippen LogP contribution in [-0.2, 0) is 0 Å². The molecule has 1 aromatic carbocycles. The molecular weight excluding hydrogens is 233 g/mol. The topological polar surface area (TPSA) is 67.1 Å². The number of carbonyl (C=O) groups excluding carboxylic acids is 1. The van der Waals surface area contributed by atoms with Gasteiger partial charge in [-0.3, -0.25) is 0 Å². The zero-order valence-electron chi connectivity index (χ0n) is 10.2. The molecule has 4 nitrogen and oxygen atoms in total. The third kappa shape index (κ3) is 2.98. The Bertz CT molecular complexity index is 424. The fourth-order valence-electron chi connectivity index (χ4n) is 2.40. The predicted molar refractivity (Wildman–Crippen MR) is 68.7 cm³/mol. The molecule has 1 aliphatic rings. The largest absolute Gasteiger partial charge is 0.335 e. The Morgan fingerprint density at radius 3 is 2.89 bits per heavy atom. The van der Waals surface area contributed by atoms with Crippen molar-refractivity contribution in [2.45, 2.75) is 25.3 Å². The van der Waals surface area contributed by atoms with E-state index in [2.05, 4.69) is 10.6 Å². The Morgan fingerprint density at radius 1 is 1.39 bits per heavy atom. The van der Waals surface area contributed by atoms with Crippen LogP contribution < -0.4 is 16.4 Å². The lowest BCUT2D eigenvalue weighted by Crippen LogP contribution is -2.42. The molecule has 1 fully saturated rings. The first-order valence-electron chi connectivity index (χ1n) is 6.23.